The van der Waals surface area contributed by atoms with Crippen LogP contribution in [0, 0.1) is 19.8 Å². The summed E-state index contributed by atoms with van der Waals surface area (Å²) in [5.74, 6) is 0.207. The lowest BCUT2D eigenvalue weighted by Crippen LogP contribution is -2.45. The first-order valence-corrected chi connectivity index (χ1v) is 10.4. The molecule has 0 aromatic carbocycles. The molecule has 1 aliphatic heterocycles. The van der Waals surface area contributed by atoms with Gasteiger partial charge in [0, 0.05) is 25.2 Å². The molecule has 0 radical (unpaired) electrons. The quantitative estimate of drug-likeness (QED) is 0.853. The van der Waals surface area contributed by atoms with Crippen molar-refractivity contribution in [2.24, 2.45) is 5.92 Å². The number of sulfonamides is 1. The number of carbonyl (C=O) groups excluding carboxylic acids is 1. The first-order valence-electron chi connectivity index (χ1n) is 8.12. The van der Waals surface area contributed by atoms with Crippen LogP contribution >= 0.6 is 11.3 Å². The summed E-state index contributed by atoms with van der Waals surface area (Å²) in [6.45, 7) is 4.64. The molecular weight excluding hydrogens is 362 g/mol. The van der Waals surface area contributed by atoms with Gasteiger partial charge in [0.2, 0.25) is 5.91 Å². The summed E-state index contributed by atoms with van der Waals surface area (Å²) in [5, 5.41) is 8.49. The van der Waals surface area contributed by atoms with E-state index in [0.29, 0.717) is 35.9 Å². The van der Waals surface area contributed by atoms with Gasteiger partial charge in [-0.05, 0) is 38.1 Å². The van der Waals surface area contributed by atoms with Crippen LogP contribution in [0.5, 0.6) is 0 Å². The largest absolute Gasteiger partial charge is 0.361 e. The Balaban J connectivity index is 1.64. The van der Waals surface area contributed by atoms with Gasteiger partial charge in [-0.2, -0.15) is 4.31 Å². The summed E-state index contributed by atoms with van der Waals surface area (Å²) >= 11 is 1.20. The molecule has 0 aliphatic carbocycles. The second-order valence-electron chi connectivity index (χ2n) is 6.15. The van der Waals surface area contributed by atoms with Crippen LogP contribution in [-0.2, 0) is 21.4 Å². The van der Waals surface area contributed by atoms with Gasteiger partial charge in [0.15, 0.2) is 0 Å². The summed E-state index contributed by atoms with van der Waals surface area (Å²) in [6, 6.07) is 3.32. The molecule has 2 aromatic heterocycles. The molecule has 1 aliphatic rings. The minimum absolute atomic E-state index is 0.133. The SMILES string of the molecule is Cc1noc(C)c1CNC(=O)C1CCCN(S(=O)(=O)c2cccs2)C1. The van der Waals surface area contributed by atoms with Crippen LogP contribution in [0.25, 0.3) is 0 Å². The second-order valence-corrected chi connectivity index (χ2v) is 9.27. The van der Waals surface area contributed by atoms with E-state index in [9.17, 15) is 13.2 Å². The minimum atomic E-state index is -3.51. The Morgan fingerprint density at radius 3 is 2.92 bits per heavy atom. The number of rotatable bonds is 5. The van der Waals surface area contributed by atoms with E-state index in [-0.39, 0.29) is 18.4 Å². The lowest BCUT2D eigenvalue weighted by molar-refractivity contribution is -0.126. The van der Waals surface area contributed by atoms with Gasteiger partial charge in [-0.3, -0.25) is 4.79 Å². The van der Waals surface area contributed by atoms with Crippen molar-refractivity contribution in [3.63, 3.8) is 0 Å². The maximum absolute atomic E-state index is 12.6. The predicted octanol–water partition coefficient (Wildman–Crippen LogP) is 2.07. The zero-order valence-corrected chi connectivity index (χ0v) is 15.8. The van der Waals surface area contributed by atoms with Gasteiger partial charge >= 0.3 is 0 Å². The number of nitrogens with one attached hydrogen (secondary N) is 1. The molecule has 1 N–H and O–H groups in total. The molecule has 3 heterocycles. The summed E-state index contributed by atoms with van der Waals surface area (Å²) in [6.07, 6.45) is 1.36. The van der Waals surface area contributed by atoms with E-state index in [0.717, 1.165) is 11.3 Å². The van der Waals surface area contributed by atoms with Crippen molar-refractivity contribution in [1.82, 2.24) is 14.8 Å². The third kappa shape index (κ3) is 3.78. The second kappa shape index (κ2) is 7.27. The van der Waals surface area contributed by atoms with E-state index in [2.05, 4.69) is 10.5 Å². The summed E-state index contributed by atoms with van der Waals surface area (Å²) in [5.41, 5.74) is 1.62. The van der Waals surface area contributed by atoms with Crippen LogP contribution in [0.4, 0.5) is 0 Å². The Bertz CT molecular complexity index is 823. The van der Waals surface area contributed by atoms with E-state index < -0.39 is 10.0 Å². The lowest BCUT2D eigenvalue weighted by Gasteiger charge is -2.30. The molecular formula is C16H21N3O4S2. The molecule has 9 heteroatoms. The highest BCUT2D eigenvalue weighted by Gasteiger charge is 2.33. The van der Waals surface area contributed by atoms with Crippen molar-refractivity contribution in [2.45, 2.75) is 37.4 Å². The Hall–Kier alpha value is -1.71. The Morgan fingerprint density at radius 1 is 1.48 bits per heavy atom. The molecule has 1 saturated heterocycles. The van der Waals surface area contributed by atoms with Crippen molar-refractivity contribution >= 4 is 27.3 Å². The highest BCUT2D eigenvalue weighted by Crippen LogP contribution is 2.26. The molecule has 25 heavy (non-hydrogen) atoms. The maximum Gasteiger partial charge on any atom is 0.252 e. The van der Waals surface area contributed by atoms with Crippen LogP contribution in [0.15, 0.2) is 26.2 Å². The fourth-order valence-electron chi connectivity index (χ4n) is 2.99. The van der Waals surface area contributed by atoms with Crippen LogP contribution < -0.4 is 5.32 Å². The first-order chi connectivity index (χ1) is 11.9. The third-order valence-electron chi connectivity index (χ3n) is 4.46. The monoisotopic (exact) mass is 383 g/mol. The van der Waals surface area contributed by atoms with Gasteiger partial charge in [-0.15, -0.1) is 11.3 Å². The maximum atomic E-state index is 12.6. The molecule has 1 amide bonds. The first kappa shape index (κ1) is 18.1. The number of aromatic nitrogens is 1. The number of hydrogen-bond acceptors (Lipinski definition) is 6. The van der Waals surface area contributed by atoms with Gasteiger partial charge in [-0.25, -0.2) is 8.42 Å². The zero-order chi connectivity index (χ0) is 18.0. The molecule has 136 valence electrons. The van der Waals surface area contributed by atoms with Crippen molar-refractivity contribution in [3.05, 3.63) is 34.5 Å². The number of nitrogens with zero attached hydrogens (tertiary/aromatic N) is 2. The van der Waals surface area contributed by atoms with Gasteiger partial charge in [0.05, 0.1) is 11.6 Å². The topological polar surface area (TPSA) is 92.5 Å². The summed E-state index contributed by atoms with van der Waals surface area (Å²) in [4.78, 5) is 12.5. The molecule has 1 atom stereocenters. The molecule has 0 bridgehead atoms. The number of carbonyl (C=O) groups is 1. The standard InChI is InChI=1S/C16H21N3O4S2/c1-11-14(12(2)23-18-11)9-17-16(20)13-5-3-7-19(10-13)25(21,22)15-6-4-8-24-15/h4,6,8,13H,3,5,7,9-10H2,1-2H3,(H,17,20). The van der Waals surface area contributed by atoms with E-state index in [1.54, 1.807) is 24.4 Å². The average Bonchev–Trinajstić information content (AvgIpc) is 3.24. The smallest absolute Gasteiger partial charge is 0.252 e. The van der Waals surface area contributed by atoms with Gasteiger partial charge in [-0.1, -0.05) is 11.2 Å². The number of amides is 1. The molecule has 7 nitrogen and oxygen atoms in total. The lowest BCUT2D eigenvalue weighted by atomic mass is 9.98. The Labute approximate surface area is 151 Å². The van der Waals surface area contributed by atoms with Crippen molar-refractivity contribution in [2.75, 3.05) is 13.1 Å². The fourth-order valence-corrected chi connectivity index (χ4v) is 5.65. The Morgan fingerprint density at radius 2 is 2.28 bits per heavy atom. The molecule has 3 rings (SSSR count). The normalized spacial score (nSPS) is 19.0. The average molecular weight is 383 g/mol. The number of aryl methyl sites for hydroxylation is 2. The fraction of sp³-hybridized carbons (Fsp3) is 0.500. The zero-order valence-electron chi connectivity index (χ0n) is 14.2. The molecule has 1 fully saturated rings. The molecule has 1 unspecified atom stereocenters. The van der Waals surface area contributed by atoms with Crippen LogP contribution in [0.2, 0.25) is 0 Å². The highest BCUT2D eigenvalue weighted by molar-refractivity contribution is 7.91. The van der Waals surface area contributed by atoms with Crippen LogP contribution in [0.3, 0.4) is 0 Å². The summed E-state index contributed by atoms with van der Waals surface area (Å²) < 4.78 is 32.1. The van der Waals surface area contributed by atoms with Crippen molar-refractivity contribution < 1.29 is 17.7 Å². The van der Waals surface area contributed by atoms with Gasteiger partial charge in [0.25, 0.3) is 10.0 Å². The molecule has 0 saturated carbocycles. The van der Waals surface area contributed by atoms with Gasteiger partial charge < -0.3 is 9.84 Å². The van der Waals surface area contributed by atoms with Crippen molar-refractivity contribution in [3.8, 4) is 0 Å². The minimum Gasteiger partial charge on any atom is -0.361 e. The Kier molecular flexibility index (Phi) is 5.26. The number of piperidine rings is 1. The number of thiophene rings is 1. The number of hydrogen-bond donors (Lipinski definition) is 1. The molecule has 0 spiro atoms. The van der Waals surface area contributed by atoms with E-state index in [4.69, 9.17) is 4.52 Å². The van der Waals surface area contributed by atoms with E-state index in [1.807, 2.05) is 6.92 Å². The van der Waals surface area contributed by atoms with Crippen LogP contribution in [0.1, 0.15) is 29.9 Å². The predicted molar refractivity (Wildman–Crippen MR) is 93.6 cm³/mol. The van der Waals surface area contributed by atoms with Crippen LogP contribution in [-0.4, -0.2) is 36.9 Å². The van der Waals surface area contributed by atoms with E-state index in [1.165, 1.54) is 15.6 Å². The third-order valence-corrected chi connectivity index (χ3v) is 7.70. The molecule has 2 aromatic rings. The van der Waals surface area contributed by atoms with Crippen molar-refractivity contribution in [1.29, 1.82) is 0 Å². The van der Waals surface area contributed by atoms with Gasteiger partial charge in [0.1, 0.15) is 9.97 Å². The highest BCUT2D eigenvalue weighted by atomic mass is 32.2. The van der Waals surface area contributed by atoms with E-state index >= 15 is 0 Å². The summed E-state index contributed by atoms with van der Waals surface area (Å²) in [7, 11) is -3.51.